The minimum atomic E-state index is -0.182. The lowest BCUT2D eigenvalue weighted by Gasteiger charge is -2.36. The SMILES string of the molecule is CC1(C)c2ccccc2-n2c3ccc4c5cccc6c5n(c5cccc7c8ccc9c(oc%10cccc%11c%10n9-c9ccccc9C%11(C)C)c8n6c75)c4c3oc3cccc1c32. The van der Waals surface area contributed by atoms with E-state index < -0.39 is 0 Å². The maximum Gasteiger partial charge on any atom is 0.176 e. The van der Waals surface area contributed by atoms with Crippen LogP contribution >= 0.6 is 0 Å². The number of benzene rings is 8. The van der Waals surface area contributed by atoms with E-state index in [2.05, 4.69) is 191 Å². The minimum Gasteiger partial charge on any atom is -0.451 e. The summed E-state index contributed by atoms with van der Waals surface area (Å²) in [4.78, 5) is 0. The number of nitrogens with zero attached hydrogens (tertiary/aromatic N) is 4. The first-order chi connectivity index (χ1) is 29.3. The maximum atomic E-state index is 7.22. The molecule has 0 fully saturated rings. The third-order valence-corrected chi connectivity index (χ3v) is 14.5. The summed E-state index contributed by atoms with van der Waals surface area (Å²) in [6.07, 6.45) is 0. The molecule has 0 aliphatic carbocycles. The fourth-order valence-corrected chi connectivity index (χ4v) is 11.9. The molecule has 7 heterocycles. The van der Waals surface area contributed by atoms with Gasteiger partial charge >= 0.3 is 0 Å². The Morgan fingerprint density at radius 2 is 0.733 bits per heavy atom. The van der Waals surface area contributed by atoms with Crippen molar-refractivity contribution in [3.05, 3.63) is 168 Å². The Morgan fingerprint density at radius 3 is 1.20 bits per heavy atom. The summed E-state index contributed by atoms with van der Waals surface area (Å²) in [5.41, 5.74) is 21.7. The lowest BCUT2D eigenvalue weighted by Crippen LogP contribution is -2.27. The molecule has 8 aromatic carbocycles. The van der Waals surface area contributed by atoms with E-state index in [-0.39, 0.29) is 10.8 Å². The van der Waals surface area contributed by atoms with Crippen LogP contribution in [0.4, 0.5) is 0 Å². The van der Waals surface area contributed by atoms with Crippen molar-refractivity contribution in [3.63, 3.8) is 0 Å². The molecule has 6 heteroatoms. The standard InChI is InChI=1S/C54H36N4O2/c1-53(2)33-15-5-7-19-37(33)55-41-27-25-31-29-13-9-22-40-45(29)57(47(31)51(41)59-43-23-11-17-35(53)49(43)55)39-21-10-14-30-32-26-28-42-52(48(32)58(40)46(30)39)60-44-24-12-18-36-50(44)56(42)38-20-8-6-16-34(38)54(36,3)4/h5-28H,1-4H3. The van der Waals surface area contributed by atoms with Crippen LogP contribution in [0.1, 0.15) is 49.9 Å². The van der Waals surface area contributed by atoms with E-state index >= 15 is 0 Å². The number of hydrogen-bond acceptors (Lipinski definition) is 2. The summed E-state index contributed by atoms with van der Waals surface area (Å²) in [5.74, 6) is 0. The van der Waals surface area contributed by atoms with Crippen LogP contribution in [0.15, 0.2) is 154 Å². The van der Waals surface area contributed by atoms with Gasteiger partial charge in [0.15, 0.2) is 22.3 Å². The van der Waals surface area contributed by atoms with Crippen molar-refractivity contribution in [2.75, 3.05) is 0 Å². The molecule has 284 valence electrons. The molecule has 0 saturated carbocycles. The summed E-state index contributed by atoms with van der Waals surface area (Å²) >= 11 is 0. The molecule has 0 saturated heterocycles. The third kappa shape index (κ3) is 3.35. The Morgan fingerprint density at radius 1 is 0.333 bits per heavy atom. The fraction of sp³-hybridized carbons (Fsp3) is 0.111. The highest BCUT2D eigenvalue weighted by Crippen LogP contribution is 2.50. The molecule has 0 amide bonds. The molecule has 0 bridgehead atoms. The van der Waals surface area contributed by atoms with Crippen LogP contribution in [0.3, 0.4) is 0 Å². The molecular weight excluding hydrogens is 737 g/mol. The summed E-state index contributed by atoms with van der Waals surface area (Å²) in [6.45, 7) is 9.31. The van der Waals surface area contributed by atoms with Crippen molar-refractivity contribution < 1.29 is 8.83 Å². The summed E-state index contributed by atoms with van der Waals surface area (Å²) in [7, 11) is 0. The number of hydrogen-bond donors (Lipinski definition) is 0. The Labute approximate surface area is 342 Å². The highest BCUT2D eigenvalue weighted by Gasteiger charge is 2.37. The van der Waals surface area contributed by atoms with Crippen LogP contribution in [0.5, 0.6) is 0 Å². The zero-order valence-electron chi connectivity index (χ0n) is 33.5. The Bertz CT molecular complexity index is 3920. The molecule has 0 radical (unpaired) electrons. The fourth-order valence-electron chi connectivity index (χ4n) is 11.9. The summed E-state index contributed by atoms with van der Waals surface area (Å²) < 4.78 is 24.3. The average Bonchev–Trinajstić information content (AvgIpc) is 3.80. The number of fused-ring (bicyclic) bond motifs is 18. The van der Waals surface area contributed by atoms with E-state index in [0.717, 1.165) is 88.3 Å². The van der Waals surface area contributed by atoms with Crippen LogP contribution in [0, 0.1) is 0 Å². The topological polar surface area (TPSA) is 45.0 Å². The normalized spacial score (nSPS) is 15.3. The summed E-state index contributed by atoms with van der Waals surface area (Å²) in [5, 5.41) is 4.70. The van der Waals surface area contributed by atoms with Gasteiger partial charge in [0, 0.05) is 32.4 Å². The van der Waals surface area contributed by atoms with Crippen LogP contribution < -0.4 is 0 Å². The number of aromatic nitrogens is 4. The van der Waals surface area contributed by atoms with Gasteiger partial charge in [0.1, 0.15) is 0 Å². The van der Waals surface area contributed by atoms with Crippen molar-refractivity contribution in [1.29, 1.82) is 0 Å². The van der Waals surface area contributed by atoms with Crippen LogP contribution in [-0.4, -0.2) is 17.9 Å². The minimum absolute atomic E-state index is 0.182. The first kappa shape index (κ1) is 31.5. The van der Waals surface area contributed by atoms with Gasteiger partial charge in [-0.25, -0.2) is 0 Å². The molecule has 15 rings (SSSR count). The predicted molar refractivity (Wildman–Crippen MR) is 245 cm³/mol. The Kier molecular flexibility index (Phi) is 5.28. The van der Waals surface area contributed by atoms with E-state index in [1.165, 1.54) is 44.4 Å². The predicted octanol–water partition coefficient (Wildman–Crippen LogP) is 14.0. The quantitative estimate of drug-likeness (QED) is 0.144. The Hall–Kier alpha value is -7.44. The lowest BCUT2D eigenvalue weighted by atomic mass is 9.74. The van der Waals surface area contributed by atoms with Gasteiger partial charge < -0.3 is 26.8 Å². The van der Waals surface area contributed by atoms with Crippen molar-refractivity contribution in [2.24, 2.45) is 0 Å². The van der Waals surface area contributed by atoms with E-state index in [1.807, 2.05) is 0 Å². The first-order valence-electron chi connectivity index (χ1n) is 21.0. The van der Waals surface area contributed by atoms with Gasteiger partial charge in [-0.15, -0.1) is 0 Å². The second kappa shape index (κ2) is 10.0. The van der Waals surface area contributed by atoms with Crippen LogP contribution in [0.2, 0.25) is 0 Å². The van der Waals surface area contributed by atoms with Crippen molar-refractivity contribution in [1.82, 2.24) is 17.9 Å². The average molecular weight is 773 g/mol. The zero-order chi connectivity index (χ0) is 39.6. The van der Waals surface area contributed by atoms with Gasteiger partial charge in [0.25, 0.3) is 0 Å². The first-order valence-corrected chi connectivity index (χ1v) is 21.0. The highest BCUT2D eigenvalue weighted by atomic mass is 16.3. The molecule has 2 aliphatic rings. The molecule has 0 spiro atoms. The van der Waals surface area contributed by atoms with Gasteiger partial charge in [-0.05, 0) is 82.9 Å². The van der Waals surface area contributed by atoms with Crippen LogP contribution in [0.25, 0.3) is 110 Å². The molecule has 0 N–H and O–H groups in total. The van der Waals surface area contributed by atoms with E-state index in [1.54, 1.807) is 0 Å². The van der Waals surface area contributed by atoms with E-state index in [4.69, 9.17) is 8.83 Å². The molecular formula is C54H36N4O2. The molecule has 60 heavy (non-hydrogen) atoms. The maximum absolute atomic E-state index is 7.22. The smallest absolute Gasteiger partial charge is 0.176 e. The van der Waals surface area contributed by atoms with Crippen molar-refractivity contribution >= 4 is 99.0 Å². The van der Waals surface area contributed by atoms with Gasteiger partial charge in [-0.2, -0.15) is 0 Å². The van der Waals surface area contributed by atoms with Gasteiger partial charge in [-0.3, -0.25) is 0 Å². The molecule has 5 aromatic heterocycles. The largest absolute Gasteiger partial charge is 0.451 e. The third-order valence-electron chi connectivity index (χ3n) is 14.5. The molecule has 13 aromatic rings. The van der Waals surface area contributed by atoms with Gasteiger partial charge in [0.05, 0.1) is 66.5 Å². The van der Waals surface area contributed by atoms with E-state index in [9.17, 15) is 0 Å². The lowest BCUT2D eigenvalue weighted by molar-refractivity contribution is 0.612. The monoisotopic (exact) mass is 772 g/mol. The second-order valence-electron chi connectivity index (χ2n) is 18.1. The Balaban J connectivity index is 1.16. The van der Waals surface area contributed by atoms with E-state index in [0.29, 0.717) is 0 Å². The highest BCUT2D eigenvalue weighted by molar-refractivity contribution is 6.26. The second-order valence-corrected chi connectivity index (χ2v) is 18.1. The van der Waals surface area contributed by atoms with Gasteiger partial charge in [0.2, 0.25) is 0 Å². The van der Waals surface area contributed by atoms with Crippen molar-refractivity contribution in [3.8, 4) is 11.4 Å². The molecule has 0 atom stereocenters. The molecule has 2 aliphatic heterocycles. The molecule has 6 nitrogen and oxygen atoms in total. The zero-order valence-corrected chi connectivity index (χ0v) is 33.5. The van der Waals surface area contributed by atoms with Gasteiger partial charge in [-0.1, -0.05) is 113 Å². The number of rotatable bonds is 0. The molecule has 0 unspecified atom stereocenters. The number of para-hydroxylation sites is 6. The van der Waals surface area contributed by atoms with Crippen LogP contribution in [-0.2, 0) is 10.8 Å². The summed E-state index contributed by atoms with van der Waals surface area (Å²) in [6, 6.07) is 53.5. The van der Waals surface area contributed by atoms with Crippen molar-refractivity contribution in [2.45, 2.75) is 38.5 Å².